The van der Waals surface area contributed by atoms with Crippen molar-refractivity contribution in [1.29, 1.82) is 0 Å². The van der Waals surface area contributed by atoms with E-state index in [1.165, 1.54) is 0 Å². The summed E-state index contributed by atoms with van der Waals surface area (Å²) >= 11 is 0. The van der Waals surface area contributed by atoms with Crippen LogP contribution in [0.2, 0.25) is 0 Å². The fraction of sp³-hybridized carbons (Fsp3) is 1.00. The van der Waals surface area contributed by atoms with Crippen molar-refractivity contribution in [2.75, 3.05) is 0 Å². The first-order chi connectivity index (χ1) is 6.28. The van der Waals surface area contributed by atoms with Gasteiger partial charge >= 0.3 is 5.92 Å². The van der Waals surface area contributed by atoms with Crippen LogP contribution in [0.25, 0.3) is 0 Å². The van der Waals surface area contributed by atoms with Crippen LogP contribution < -0.4 is 0 Å². The van der Waals surface area contributed by atoms with Gasteiger partial charge in [-0.25, -0.2) is 13.2 Å². The van der Waals surface area contributed by atoms with Gasteiger partial charge < -0.3 is 4.74 Å². The molecule has 0 aromatic heterocycles. The number of rotatable bonds is 2. The first kappa shape index (κ1) is 11.8. The van der Waals surface area contributed by atoms with Crippen molar-refractivity contribution in [3.05, 3.63) is 0 Å². The molecule has 0 aliphatic carbocycles. The lowest BCUT2D eigenvalue weighted by atomic mass is 9.96. The summed E-state index contributed by atoms with van der Waals surface area (Å²) < 4.78 is 45.2. The van der Waals surface area contributed by atoms with E-state index in [1.807, 2.05) is 0 Å². The molecule has 0 unspecified atom stereocenters. The lowest BCUT2D eigenvalue weighted by Gasteiger charge is -2.21. The van der Waals surface area contributed by atoms with E-state index in [-0.39, 0.29) is 11.8 Å². The Morgan fingerprint density at radius 3 is 1.79 bits per heavy atom. The quantitative estimate of drug-likeness (QED) is 0.680. The minimum absolute atomic E-state index is 0.223. The van der Waals surface area contributed by atoms with Gasteiger partial charge in [0.15, 0.2) is 6.17 Å². The Kier molecular flexibility index (Phi) is 3.14. The number of ether oxygens (including phenoxy) is 1. The minimum atomic E-state index is -3.34. The molecule has 84 valence electrons. The molecular formula is C10H17F3O. The molecule has 0 amide bonds. The maximum atomic E-state index is 13.4. The molecule has 0 aromatic carbocycles. The molecule has 1 aliphatic rings. The molecular weight excluding hydrogens is 193 g/mol. The third kappa shape index (κ3) is 1.76. The maximum Gasteiger partial charge on any atom is 0.307 e. The highest BCUT2D eigenvalue weighted by Crippen LogP contribution is 2.43. The largest absolute Gasteiger partial charge is 0.365 e. The predicted molar refractivity (Wildman–Crippen MR) is 48.2 cm³/mol. The highest BCUT2D eigenvalue weighted by molar-refractivity contribution is 4.99. The summed E-state index contributed by atoms with van der Waals surface area (Å²) in [6, 6.07) is 0. The van der Waals surface area contributed by atoms with Crippen LogP contribution >= 0.6 is 0 Å². The van der Waals surface area contributed by atoms with Crippen LogP contribution in [-0.2, 0) is 4.74 Å². The van der Waals surface area contributed by atoms with Gasteiger partial charge in [-0.2, -0.15) is 0 Å². The zero-order valence-corrected chi connectivity index (χ0v) is 8.93. The fourth-order valence-electron chi connectivity index (χ4n) is 1.80. The molecule has 0 radical (unpaired) electrons. The van der Waals surface area contributed by atoms with Crippen LogP contribution in [0.1, 0.15) is 27.7 Å². The molecule has 0 N–H and O–H groups in total. The van der Waals surface area contributed by atoms with E-state index in [0.29, 0.717) is 0 Å². The number of hydrogen-bond donors (Lipinski definition) is 0. The normalized spacial score (nSPS) is 37.1. The average molecular weight is 210 g/mol. The van der Waals surface area contributed by atoms with Gasteiger partial charge in [-0.1, -0.05) is 27.7 Å². The monoisotopic (exact) mass is 210 g/mol. The second kappa shape index (κ2) is 3.72. The molecule has 1 saturated heterocycles. The van der Waals surface area contributed by atoms with Gasteiger partial charge in [-0.15, -0.1) is 0 Å². The van der Waals surface area contributed by atoms with Crippen LogP contribution in [0.3, 0.4) is 0 Å². The summed E-state index contributed by atoms with van der Waals surface area (Å²) in [5.74, 6) is -3.94. The Bertz CT molecular complexity index is 204. The minimum Gasteiger partial charge on any atom is -0.365 e. The van der Waals surface area contributed by atoms with Gasteiger partial charge in [0.25, 0.3) is 0 Å². The van der Waals surface area contributed by atoms with Crippen LogP contribution in [0, 0.1) is 11.8 Å². The Morgan fingerprint density at radius 2 is 1.57 bits per heavy atom. The van der Waals surface area contributed by atoms with E-state index in [1.54, 1.807) is 27.7 Å². The Labute approximate surface area is 82.6 Å². The molecule has 0 aromatic rings. The van der Waals surface area contributed by atoms with Crippen LogP contribution in [0.4, 0.5) is 13.2 Å². The summed E-state index contributed by atoms with van der Waals surface area (Å²) in [5.41, 5.74) is 0. The van der Waals surface area contributed by atoms with Crippen molar-refractivity contribution >= 4 is 0 Å². The van der Waals surface area contributed by atoms with Crippen LogP contribution in [0.5, 0.6) is 0 Å². The predicted octanol–water partition coefficient (Wildman–Crippen LogP) is 3.04. The van der Waals surface area contributed by atoms with Crippen LogP contribution in [0.15, 0.2) is 0 Å². The van der Waals surface area contributed by atoms with E-state index < -0.39 is 24.3 Å². The van der Waals surface area contributed by atoms with Crippen molar-refractivity contribution in [2.24, 2.45) is 11.8 Å². The first-order valence-electron chi connectivity index (χ1n) is 4.95. The number of hydrogen-bond acceptors (Lipinski definition) is 1. The van der Waals surface area contributed by atoms with E-state index in [0.717, 1.165) is 0 Å². The lowest BCUT2D eigenvalue weighted by molar-refractivity contribution is -0.110. The zero-order valence-electron chi connectivity index (χ0n) is 8.93. The molecule has 1 nitrogen and oxygen atoms in total. The summed E-state index contributed by atoms with van der Waals surface area (Å²) in [6.45, 7) is 6.62. The molecule has 1 rings (SSSR count). The van der Waals surface area contributed by atoms with Gasteiger partial charge in [-0.3, -0.25) is 0 Å². The van der Waals surface area contributed by atoms with Crippen molar-refractivity contribution in [3.63, 3.8) is 0 Å². The van der Waals surface area contributed by atoms with Gasteiger partial charge in [0, 0.05) is 0 Å². The lowest BCUT2D eigenvalue weighted by Crippen LogP contribution is -2.40. The van der Waals surface area contributed by atoms with Gasteiger partial charge in [0.1, 0.15) is 6.10 Å². The Morgan fingerprint density at radius 1 is 1.07 bits per heavy atom. The van der Waals surface area contributed by atoms with Gasteiger partial charge in [-0.05, 0) is 11.8 Å². The van der Waals surface area contributed by atoms with Crippen molar-refractivity contribution in [2.45, 2.75) is 52.0 Å². The first-order valence-corrected chi connectivity index (χ1v) is 4.95. The molecule has 3 atom stereocenters. The fourth-order valence-corrected chi connectivity index (χ4v) is 1.80. The van der Waals surface area contributed by atoms with E-state index in [2.05, 4.69) is 0 Å². The smallest absolute Gasteiger partial charge is 0.307 e. The summed E-state index contributed by atoms with van der Waals surface area (Å²) in [4.78, 5) is 0. The summed E-state index contributed by atoms with van der Waals surface area (Å²) in [7, 11) is 0. The zero-order chi connectivity index (χ0) is 11.1. The number of alkyl halides is 3. The van der Waals surface area contributed by atoms with Crippen molar-refractivity contribution in [3.8, 4) is 0 Å². The molecule has 1 heterocycles. The summed E-state index contributed by atoms with van der Waals surface area (Å²) in [5, 5.41) is 0. The molecule has 4 heteroatoms. The van der Waals surface area contributed by atoms with Crippen molar-refractivity contribution < 1.29 is 17.9 Å². The van der Waals surface area contributed by atoms with Gasteiger partial charge in [0.05, 0.1) is 6.10 Å². The molecule has 0 spiro atoms. The molecule has 0 saturated carbocycles. The second-order valence-electron chi connectivity index (χ2n) is 4.59. The van der Waals surface area contributed by atoms with Gasteiger partial charge in [0.2, 0.25) is 0 Å². The van der Waals surface area contributed by atoms with E-state index in [4.69, 9.17) is 4.74 Å². The number of halogens is 3. The van der Waals surface area contributed by atoms with Crippen LogP contribution in [-0.4, -0.2) is 24.3 Å². The third-order valence-electron chi connectivity index (χ3n) is 2.60. The molecule has 1 aliphatic heterocycles. The van der Waals surface area contributed by atoms with E-state index in [9.17, 15) is 13.2 Å². The van der Waals surface area contributed by atoms with E-state index >= 15 is 0 Å². The maximum absolute atomic E-state index is 13.4. The Balaban J connectivity index is 2.85. The molecule has 1 fully saturated rings. The third-order valence-corrected chi connectivity index (χ3v) is 2.60. The molecule has 0 bridgehead atoms. The van der Waals surface area contributed by atoms with Crippen molar-refractivity contribution in [1.82, 2.24) is 0 Å². The Hall–Kier alpha value is -0.250. The summed E-state index contributed by atoms with van der Waals surface area (Å²) in [6.07, 6.45) is -4.43. The second-order valence-corrected chi connectivity index (χ2v) is 4.59. The standard InChI is InChI=1S/C10H17F3O/c1-5(2)7-8(11)10(12,13)9(14-7)6(3)4/h5-9H,1-4H3/t7-,8-,9+/m0/s1. The highest BCUT2D eigenvalue weighted by Gasteiger charge is 2.60. The topological polar surface area (TPSA) is 9.23 Å². The molecule has 14 heavy (non-hydrogen) atoms. The highest BCUT2D eigenvalue weighted by atomic mass is 19.3. The SMILES string of the molecule is CC(C)[C@H]1O[C@@H](C(C)C)[C@H](F)C1(F)F. The average Bonchev–Trinajstić information content (AvgIpc) is 2.24.